The summed E-state index contributed by atoms with van der Waals surface area (Å²) in [5, 5.41) is 0. The maximum atomic E-state index is 4.32. The Bertz CT molecular complexity index is 700. The van der Waals surface area contributed by atoms with Crippen LogP contribution in [0.4, 0.5) is 5.69 Å². The van der Waals surface area contributed by atoms with E-state index in [4.69, 9.17) is 0 Å². The molecule has 0 atom stereocenters. The Kier molecular flexibility index (Phi) is 5.59. The Labute approximate surface area is 140 Å². The highest BCUT2D eigenvalue weighted by Gasteiger charge is 2.17. The average molecular weight is 303 g/mol. The van der Waals surface area contributed by atoms with Gasteiger partial charge in [-0.1, -0.05) is 67.8 Å². The zero-order valence-corrected chi connectivity index (χ0v) is 14.0. The first-order valence-electron chi connectivity index (χ1n) is 7.91. The second-order valence-electron chi connectivity index (χ2n) is 5.89. The molecule has 1 aliphatic rings. The van der Waals surface area contributed by atoms with E-state index in [9.17, 15) is 0 Å². The van der Waals surface area contributed by atoms with Gasteiger partial charge >= 0.3 is 0 Å². The van der Waals surface area contributed by atoms with E-state index in [1.54, 1.807) is 0 Å². The molecule has 0 bridgehead atoms. The summed E-state index contributed by atoms with van der Waals surface area (Å²) in [5.74, 6) is 0. The third-order valence-corrected chi connectivity index (χ3v) is 4.06. The van der Waals surface area contributed by atoms with Gasteiger partial charge in [0.1, 0.15) is 0 Å². The Morgan fingerprint density at radius 1 is 1.09 bits per heavy atom. The van der Waals surface area contributed by atoms with Gasteiger partial charge in [0.25, 0.3) is 0 Å². The topological polar surface area (TPSA) is 3.24 Å². The van der Waals surface area contributed by atoms with E-state index in [0.717, 1.165) is 36.2 Å². The zero-order chi connectivity index (χ0) is 16.8. The summed E-state index contributed by atoms with van der Waals surface area (Å²) in [7, 11) is 0. The summed E-state index contributed by atoms with van der Waals surface area (Å²) in [6.07, 6.45) is 9.89. The number of anilines is 1. The van der Waals surface area contributed by atoms with Crippen molar-refractivity contribution in [2.45, 2.75) is 19.8 Å². The van der Waals surface area contributed by atoms with Crippen LogP contribution < -0.4 is 4.90 Å². The second kappa shape index (κ2) is 7.64. The van der Waals surface area contributed by atoms with E-state index in [0.29, 0.717) is 0 Å². The first-order valence-corrected chi connectivity index (χ1v) is 7.91. The number of allylic oxidation sites excluding steroid dienone is 5. The summed E-state index contributed by atoms with van der Waals surface area (Å²) in [6.45, 7) is 19.0. The summed E-state index contributed by atoms with van der Waals surface area (Å²) in [6, 6.07) is 8.40. The molecule has 0 saturated heterocycles. The lowest BCUT2D eigenvalue weighted by Crippen LogP contribution is -2.26. The molecule has 1 aliphatic heterocycles. The summed E-state index contributed by atoms with van der Waals surface area (Å²) >= 11 is 0. The number of nitrogens with zero attached hydrogens (tertiary/aromatic N) is 1. The third kappa shape index (κ3) is 4.01. The molecule has 0 spiro atoms. The van der Waals surface area contributed by atoms with E-state index < -0.39 is 0 Å². The van der Waals surface area contributed by atoms with Crippen molar-refractivity contribution in [2.24, 2.45) is 0 Å². The number of hydrogen-bond donors (Lipinski definition) is 0. The first-order chi connectivity index (χ1) is 11.1. The van der Waals surface area contributed by atoms with Crippen molar-refractivity contribution < 1.29 is 0 Å². The highest BCUT2D eigenvalue weighted by Crippen LogP contribution is 2.31. The van der Waals surface area contributed by atoms with Crippen molar-refractivity contribution in [3.63, 3.8) is 0 Å². The average Bonchev–Trinajstić information content (AvgIpc) is 2.54. The largest absolute Gasteiger partial charge is 0.341 e. The highest BCUT2D eigenvalue weighted by molar-refractivity contribution is 5.73. The molecule has 1 aromatic rings. The second-order valence-corrected chi connectivity index (χ2v) is 5.89. The SMILES string of the molecule is C=CC1=C(\C=C)CN(C(=C)CCC(=C)C)c2ccccc2/C=C\1. The lowest BCUT2D eigenvalue weighted by Gasteiger charge is -2.30. The first kappa shape index (κ1) is 16.8. The molecule has 0 aliphatic carbocycles. The molecular weight excluding hydrogens is 278 g/mol. The number of rotatable bonds is 6. The van der Waals surface area contributed by atoms with Gasteiger partial charge in [-0.05, 0) is 42.5 Å². The molecule has 0 unspecified atom stereocenters. The quantitative estimate of drug-likeness (QED) is 0.577. The molecule has 0 saturated carbocycles. The van der Waals surface area contributed by atoms with Crippen molar-refractivity contribution in [3.05, 3.63) is 96.8 Å². The normalized spacial score (nSPS) is 18.4. The van der Waals surface area contributed by atoms with Crippen LogP contribution in [0.3, 0.4) is 0 Å². The molecular formula is C22H25N. The number of para-hydroxylation sites is 1. The lowest BCUT2D eigenvalue weighted by atomic mass is 10.00. The van der Waals surface area contributed by atoms with Gasteiger partial charge in [0.05, 0.1) is 0 Å². The summed E-state index contributed by atoms with van der Waals surface area (Å²) < 4.78 is 0. The van der Waals surface area contributed by atoms with E-state index >= 15 is 0 Å². The van der Waals surface area contributed by atoms with Crippen molar-refractivity contribution in [1.29, 1.82) is 0 Å². The van der Waals surface area contributed by atoms with Crippen LogP contribution >= 0.6 is 0 Å². The maximum absolute atomic E-state index is 4.32. The molecule has 23 heavy (non-hydrogen) atoms. The minimum absolute atomic E-state index is 0.751. The number of benzene rings is 1. The molecule has 1 nitrogen and oxygen atoms in total. The third-order valence-electron chi connectivity index (χ3n) is 4.06. The lowest BCUT2D eigenvalue weighted by molar-refractivity contribution is 0.851. The smallest absolute Gasteiger partial charge is 0.0484 e. The minimum Gasteiger partial charge on any atom is -0.341 e. The van der Waals surface area contributed by atoms with Crippen LogP contribution in [0.15, 0.2) is 91.2 Å². The van der Waals surface area contributed by atoms with Crippen LogP contribution in [0.5, 0.6) is 0 Å². The molecule has 2 rings (SSSR count). The standard InChI is InChI=1S/C22H25N/c1-6-19-14-15-21-10-8-9-11-22(21)23(16-20(19)7-2)18(5)13-12-17(3)4/h6-11,14-15H,1-3,5,12-13,16H2,4H3/b15-14-,20-19-. The fourth-order valence-corrected chi connectivity index (χ4v) is 2.66. The molecule has 1 aromatic carbocycles. The fraction of sp³-hybridized carbons (Fsp3) is 0.182. The van der Waals surface area contributed by atoms with Crippen molar-refractivity contribution in [1.82, 2.24) is 0 Å². The van der Waals surface area contributed by atoms with Gasteiger partial charge in [0.15, 0.2) is 0 Å². The van der Waals surface area contributed by atoms with Crippen LogP contribution in [0.25, 0.3) is 6.08 Å². The Morgan fingerprint density at radius 2 is 1.83 bits per heavy atom. The van der Waals surface area contributed by atoms with E-state index in [2.05, 4.69) is 74.6 Å². The van der Waals surface area contributed by atoms with Gasteiger partial charge < -0.3 is 4.90 Å². The van der Waals surface area contributed by atoms with Crippen molar-refractivity contribution in [2.75, 3.05) is 11.4 Å². The zero-order valence-electron chi connectivity index (χ0n) is 14.0. The maximum Gasteiger partial charge on any atom is 0.0484 e. The summed E-state index contributed by atoms with van der Waals surface area (Å²) in [4.78, 5) is 2.28. The van der Waals surface area contributed by atoms with Gasteiger partial charge in [0, 0.05) is 17.9 Å². The fourth-order valence-electron chi connectivity index (χ4n) is 2.66. The summed E-state index contributed by atoms with van der Waals surface area (Å²) in [5.41, 5.74) is 6.90. The minimum atomic E-state index is 0.751. The highest BCUT2D eigenvalue weighted by atomic mass is 15.1. The van der Waals surface area contributed by atoms with Crippen LogP contribution in [0.2, 0.25) is 0 Å². The van der Waals surface area contributed by atoms with Gasteiger partial charge in [0.2, 0.25) is 0 Å². The van der Waals surface area contributed by atoms with Crippen LogP contribution in [-0.4, -0.2) is 6.54 Å². The van der Waals surface area contributed by atoms with Gasteiger partial charge in [-0.2, -0.15) is 0 Å². The van der Waals surface area contributed by atoms with Gasteiger partial charge in [-0.3, -0.25) is 0 Å². The predicted molar refractivity (Wildman–Crippen MR) is 103 cm³/mol. The monoisotopic (exact) mass is 303 g/mol. The van der Waals surface area contributed by atoms with E-state index in [-0.39, 0.29) is 0 Å². The van der Waals surface area contributed by atoms with Gasteiger partial charge in [-0.15, -0.1) is 6.58 Å². The van der Waals surface area contributed by atoms with E-state index in [1.165, 1.54) is 16.8 Å². The Morgan fingerprint density at radius 3 is 2.48 bits per heavy atom. The van der Waals surface area contributed by atoms with Gasteiger partial charge in [-0.25, -0.2) is 0 Å². The van der Waals surface area contributed by atoms with Crippen LogP contribution in [0.1, 0.15) is 25.3 Å². The number of hydrogen-bond acceptors (Lipinski definition) is 1. The van der Waals surface area contributed by atoms with Crippen LogP contribution in [0, 0.1) is 0 Å². The molecule has 0 fully saturated rings. The molecule has 118 valence electrons. The van der Waals surface area contributed by atoms with Crippen molar-refractivity contribution in [3.8, 4) is 0 Å². The number of fused-ring (bicyclic) bond motifs is 1. The Hall–Kier alpha value is -2.54. The molecule has 0 amide bonds. The van der Waals surface area contributed by atoms with Crippen LogP contribution in [-0.2, 0) is 0 Å². The molecule has 0 N–H and O–H groups in total. The van der Waals surface area contributed by atoms with E-state index in [1.807, 2.05) is 12.2 Å². The predicted octanol–water partition coefficient (Wildman–Crippen LogP) is 6.06. The molecule has 1 heterocycles. The molecule has 1 heteroatoms. The molecule has 0 radical (unpaired) electrons. The Balaban J connectivity index is 2.47. The van der Waals surface area contributed by atoms with Crippen molar-refractivity contribution >= 4 is 11.8 Å². The molecule has 0 aromatic heterocycles.